The number of ether oxygens (including phenoxy) is 1. The summed E-state index contributed by atoms with van der Waals surface area (Å²) in [6.45, 7) is 2.44. The summed E-state index contributed by atoms with van der Waals surface area (Å²) in [6, 6.07) is 16.2. The van der Waals surface area contributed by atoms with Crippen molar-refractivity contribution < 1.29 is 19.4 Å². The van der Waals surface area contributed by atoms with E-state index in [9.17, 15) is 9.59 Å². The third-order valence-corrected chi connectivity index (χ3v) is 3.77. The lowest BCUT2D eigenvalue weighted by Gasteiger charge is -2.19. The summed E-state index contributed by atoms with van der Waals surface area (Å²) in [4.78, 5) is 23.2. The Balaban J connectivity index is 1.98. The number of carboxylic acids is 1. The Kier molecular flexibility index (Phi) is 7.49. The van der Waals surface area contributed by atoms with Crippen molar-refractivity contribution in [1.29, 1.82) is 0 Å². The highest BCUT2D eigenvalue weighted by Crippen LogP contribution is 2.17. The first kappa shape index (κ1) is 19.3. The maximum Gasteiger partial charge on any atom is 0.319 e. The number of carbonyl (C=O) groups excluding carboxylic acids is 1. The first-order chi connectivity index (χ1) is 12.6. The van der Waals surface area contributed by atoms with Gasteiger partial charge in [-0.15, -0.1) is 0 Å². The number of hydrogen-bond acceptors (Lipinski definition) is 3. The second kappa shape index (κ2) is 10.1. The fourth-order valence-electron chi connectivity index (χ4n) is 2.60. The van der Waals surface area contributed by atoms with Crippen LogP contribution in [-0.4, -0.2) is 29.8 Å². The average Bonchev–Trinajstić information content (AvgIpc) is 2.61. The fraction of sp³-hybridized carbons (Fsp3) is 0.300. The van der Waals surface area contributed by atoms with Crippen molar-refractivity contribution in [1.82, 2.24) is 5.32 Å². The molecule has 6 heteroatoms. The highest BCUT2D eigenvalue weighted by molar-refractivity contribution is 5.89. The number of hydrogen-bond donors (Lipinski definition) is 3. The van der Waals surface area contributed by atoms with Crippen LogP contribution in [0, 0.1) is 0 Å². The molecule has 1 unspecified atom stereocenters. The van der Waals surface area contributed by atoms with E-state index in [0.717, 1.165) is 5.56 Å². The zero-order valence-corrected chi connectivity index (χ0v) is 14.8. The van der Waals surface area contributed by atoms with Gasteiger partial charge in [0.05, 0.1) is 6.61 Å². The number of rotatable bonds is 9. The van der Waals surface area contributed by atoms with Crippen LogP contribution in [0.25, 0.3) is 0 Å². The quantitative estimate of drug-likeness (QED) is 0.639. The number of nitrogens with one attached hydrogen (secondary N) is 2. The largest absolute Gasteiger partial charge is 0.494 e. The number of carboxylic acid groups (broad SMARTS) is 1. The van der Waals surface area contributed by atoms with Gasteiger partial charge in [0, 0.05) is 24.2 Å². The molecule has 3 N–H and O–H groups in total. The smallest absolute Gasteiger partial charge is 0.319 e. The van der Waals surface area contributed by atoms with Crippen molar-refractivity contribution >= 4 is 17.7 Å². The van der Waals surface area contributed by atoms with Crippen LogP contribution in [-0.2, 0) is 11.2 Å². The average molecular weight is 356 g/mol. The van der Waals surface area contributed by atoms with Crippen molar-refractivity contribution in [2.75, 3.05) is 11.9 Å². The minimum Gasteiger partial charge on any atom is -0.494 e. The highest BCUT2D eigenvalue weighted by Gasteiger charge is 2.15. The van der Waals surface area contributed by atoms with Crippen molar-refractivity contribution in [3.05, 3.63) is 60.2 Å². The van der Waals surface area contributed by atoms with Crippen LogP contribution in [0.15, 0.2) is 54.6 Å². The van der Waals surface area contributed by atoms with Crippen LogP contribution in [0.1, 0.15) is 25.3 Å². The van der Waals surface area contributed by atoms with Gasteiger partial charge >= 0.3 is 12.0 Å². The molecule has 0 aromatic heterocycles. The monoisotopic (exact) mass is 356 g/mol. The normalized spacial score (nSPS) is 11.4. The van der Waals surface area contributed by atoms with Gasteiger partial charge in [-0.25, -0.2) is 4.79 Å². The molecule has 0 saturated carbocycles. The van der Waals surface area contributed by atoms with Gasteiger partial charge in [-0.2, -0.15) is 0 Å². The Bertz CT molecular complexity index is 719. The lowest BCUT2D eigenvalue weighted by atomic mass is 10.0. The van der Waals surface area contributed by atoms with Gasteiger partial charge in [-0.1, -0.05) is 36.4 Å². The van der Waals surface area contributed by atoms with Crippen molar-refractivity contribution in [3.8, 4) is 5.75 Å². The fourth-order valence-corrected chi connectivity index (χ4v) is 2.60. The molecule has 0 spiro atoms. The van der Waals surface area contributed by atoms with E-state index >= 15 is 0 Å². The molecule has 1 atom stereocenters. The highest BCUT2D eigenvalue weighted by atomic mass is 16.5. The third-order valence-electron chi connectivity index (χ3n) is 3.77. The Morgan fingerprint density at radius 2 is 1.88 bits per heavy atom. The summed E-state index contributed by atoms with van der Waals surface area (Å²) < 4.78 is 5.42. The topological polar surface area (TPSA) is 87.7 Å². The Morgan fingerprint density at radius 3 is 2.58 bits per heavy atom. The van der Waals surface area contributed by atoms with E-state index in [4.69, 9.17) is 9.84 Å². The van der Waals surface area contributed by atoms with Gasteiger partial charge < -0.3 is 20.5 Å². The van der Waals surface area contributed by atoms with Crippen LogP contribution < -0.4 is 15.4 Å². The van der Waals surface area contributed by atoms with Crippen LogP contribution >= 0.6 is 0 Å². The first-order valence-electron chi connectivity index (χ1n) is 8.63. The molecule has 0 aliphatic carbocycles. The van der Waals surface area contributed by atoms with Crippen molar-refractivity contribution in [2.45, 2.75) is 32.2 Å². The predicted octanol–water partition coefficient (Wildman–Crippen LogP) is 3.68. The van der Waals surface area contributed by atoms with E-state index in [1.165, 1.54) is 0 Å². The third kappa shape index (κ3) is 6.84. The van der Waals surface area contributed by atoms with Crippen LogP contribution in [0.3, 0.4) is 0 Å². The molecule has 0 saturated heterocycles. The Hall–Kier alpha value is -3.02. The number of anilines is 1. The van der Waals surface area contributed by atoms with Crippen molar-refractivity contribution in [3.63, 3.8) is 0 Å². The van der Waals surface area contributed by atoms with Gasteiger partial charge in [0.15, 0.2) is 0 Å². The summed E-state index contributed by atoms with van der Waals surface area (Å²) in [6.07, 6.45) is 0.925. The summed E-state index contributed by atoms with van der Waals surface area (Å²) in [7, 11) is 0. The number of benzene rings is 2. The second-order valence-corrected chi connectivity index (χ2v) is 5.88. The molecule has 0 bridgehead atoms. The van der Waals surface area contributed by atoms with E-state index in [0.29, 0.717) is 30.9 Å². The molecule has 6 nitrogen and oxygen atoms in total. The lowest BCUT2D eigenvalue weighted by molar-refractivity contribution is -0.137. The second-order valence-electron chi connectivity index (χ2n) is 5.88. The molecule has 26 heavy (non-hydrogen) atoms. The van der Waals surface area contributed by atoms with E-state index in [-0.39, 0.29) is 18.5 Å². The van der Waals surface area contributed by atoms with Gasteiger partial charge in [-0.05, 0) is 37.5 Å². The molecule has 2 rings (SSSR count). The van der Waals surface area contributed by atoms with E-state index in [1.807, 2.05) is 43.3 Å². The molecule has 0 aliphatic rings. The molecule has 2 amide bonds. The Labute approximate surface area is 153 Å². The van der Waals surface area contributed by atoms with E-state index in [1.54, 1.807) is 18.2 Å². The first-order valence-corrected chi connectivity index (χ1v) is 8.63. The van der Waals surface area contributed by atoms with Crippen molar-refractivity contribution in [2.24, 2.45) is 0 Å². The van der Waals surface area contributed by atoms with E-state index < -0.39 is 5.97 Å². The molecule has 0 radical (unpaired) electrons. The van der Waals surface area contributed by atoms with Gasteiger partial charge in [-0.3, -0.25) is 4.79 Å². The number of urea groups is 1. The number of aliphatic carboxylic acids is 1. The zero-order valence-electron chi connectivity index (χ0n) is 14.8. The van der Waals surface area contributed by atoms with Crippen LogP contribution in [0.5, 0.6) is 5.75 Å². The van der Waals surface area contributed by atoms with E-state index in [2.05, 4.69) is 10.6 Å². The minimum atomic E-state index is -0.880. The number of carbonyl (C=O) groups is 2. The molecule has 0 fully saturated rings. The maximum atomic E-state index is 12.3. The van der Waals surface area contributed by atoms with Gasteiger partial charge in [0.2, 0.25) is 0 Å². The van der Waals surface area contributed by atoms with Gasteiger partial charge in [0.25, 0.3) is 0 Å². The summed E-state index contributed by atoms with van der Waals surface area (Å²) in [5.41, 5.74) is 1.66. The Morgan fingerprint density at radius 1 is 1.12 bits per heavy atom. The van der Waals surface area contributed by atoms with Crippen LogP contribution in [0.4, 0.5) is 10.5 Å². The summed E-state index contributed by atoms with van der Waals surface area (Å²) in [5, 5.41) is 14.6. The standard InChI is InChI=1S/C20H24N2O4/c1-2-26-18-10-6-9-16(14-18)21-20(25)22-17(11-12-19(23)24)13-15-7-4-3-5-8-15/h3-10,14,17H,2,11-13H2,1H3,(H,23,24)(H2,21,22,25). The molecule has 2 aromatic rings. The molecular weight excluding hydrogens is 332 g/mol. The summed E-state index contributed by atoms with van der Waals surface area (Å²) in [5.74, 6) is -0.202. The predicted molar refractivity (Wildman–Crippen MR) is 101 cm³/mol. The molecular formula is C20H24N2O4. The zero-order chi connectivity index (χ0) is 18.8. The molecule has 0 heterocycles. The molecule has 0 aliphatic heterocycles. The number of amides is 2. The lowest BCUT2D eigenvalue weighted by Crippen LogP contribution is -2.39. The minimum absolute atomic E-state index is 0.00238. The summed E-state index contributed by atoms with van der Waals surface area (Å²) >= 11 is 0. The maximum absolute atomic E-state index is 12.3. The SMILES string of the molecule is CCOc1cccc(NC(=O)NC(CCC(=O)O)Cc2ccccc2)c1. The molecule has 138 valence electrons. The van der Waals surface area contributed by atoms with Crippen LogP contribution in [0.2, 0.25) is 0 Å². The molecule has 2 aromatic carbocycles. The van der Waals surface area contributed by atoms with Gasteiger partial charge in [0.1, 0.15) is 5.75 Å².